The van der Waals surface area contributed by atoms with Crippen LogP contribution >= 0.6 is 0 Å². The largest absolute Gasteiger partial charge is 0.384 e. The number of imidazole rings is 1. The average molecular weight is 398 g/mol. The number of rotatable bonds is 6. The van der Waals surface area contributed by atoms with E-state index in [4.69, 9.17) is 14.6 Å². The molecule has 0 N–H and O–H groups in total. The molecule has 0 aromatic carbocycles. The molecule has 4 heterocycles. The highest BCUT2D eigenvalue weighted by molar-refractivity contribution is 5.76. The van der Waals surface area contributed by atoms with Gasteiger partial charge >= 0.3 is 0 Å². The lowest BCUT2D eigenvalue weighted by Crippen LogP contribution is -2.43. The third kappa shape index (κ3) is 3.88. The number of aromatic nitrogens is 5. The summed E-state index contributed by atoms with van der Waals surface area (Å²) in [6.07, 6.45) is 5.66. The smallest absolute Gasteiger partial charge is 0.225 e. The van der Waals surface area contributed by atoms with Gasteiger partial charge in [0, 0.05) is 37.8 Å². The molecule has 1 fully saturated rings. The summed E-state index contributed by atoms with van der Waals surface area (Å²) in [4.78, 5) is 23.1. The zero-order valence-electron chi connectivity index (χ0n) is 17.0. The van der Waals surface area contributed by atoms with Crippen LogP contribution < -0.4 is 0 Å². The van der Waals surface area contributed by atoms with Crippen LogP contribution in [0.1, 0.15) is 35.3 Å². The molecule has 154 valence electrons. The first-order valence-electron chi connectivity index (χ1n) is 9.77. The number of nitrogens with zero attached hydrogens (tertiary/aromatic N) is 6. The van der Waals surface area contributed by atoms with Gasteiger partial charge in [-0.2, -0.15) is 5.10 Å². The van der Waals surface area contributed by atoms with Crippen molar-refractivity contribution in [3.05, 3.63) is 47.4 Å². The lowest BCUT2D eigenvalue weighted by molar-refractivity contribution is -0.140. The van der Waals surface area contributed by atoms with Crippen molar-refractivity contribution in [2.24, 2.45) is 0 Å². The van der Waals surface area contributed by atoms with Crippen LogP contribution in [-0.2, 0) is 20.8 Å². The molecular formula is C20H26N6O3. The molecule has 0 saturated carbocycles. The van der Waals surface area contributed by atoms with Crippen LogP contribution in [0, 0.1) is 13.8 Å². The monoisotopic (exact) mass is 398 g/mol. The first-order valence-corrected chi connectivity index (χ1v) is 9.77. The maximum Gasteiger partial charge on any atom is 0.225 e. The van der Waals surface area contributed by atoms with Gasteiger partial charge in [0.05, 0.1) is 44.1 Å². The second-order valence-electron chi connectivity index (χ2n) is 7.21. The first-order chi connectivity index (χ1) is 14.1. The zero-order chi connectivity index (χ0) is 20.4. The van der Waals surface area contributed by atoms with Crippen LogP contribution in [0.25, 0.3) is 5.65 Å². The van der Waals surface area contributed by atoms with Gasteiger partial charge in [-0.3, -0.25) is 4.79 Å². The van der Waals surface area contributed by atoms with Gasteiger partial charge in [0.15, 0.2) is 5.65 Å². The summed E-state index contributed by atoms with van der Waals surface area (Å²) in [6.45, 7) is 6.63. The maximum absolute atomic E-state index is 12.4. The molecule has 0 radical (unpaired) electrons. The van der Waals surface area contributed by atoms with E-state index >= 15 is 0 Å². The number of carbonyl (C=O) groups is 1. The van der Waals surface area contributed by atoms with Crippen LogP contribution in [0.3, 0.4) is 0 Å². The molecule has 1 saturated heterocycles. The molecule has 4 rings (SSSR count). The Morgan fingerprint density at radius 3 is 2.93 bits per heavy atom. The topological polar surface area (TPSA) is 86.8 Å². The van der Waals surface area contributed by atoms with Gasteiger partial charge in [-0.05, 0) is 19.9 Å². The van der Waals surface area contributed by atoms with Crippen molar-refractivity contribution < 1.29 is 14.3 Å². The number of morpholine rings is 1. The summed E-state index contributed by atoms with van der Waals surface area (Å²) < 4.78 is 15.0. The summed E-state index contributed by atoms with van der Waals surface area (Å²) in [5.74, 6) is 1.03. The van der Waals surface area contributed by atoms with Crippen molar-refractivity contribution in [2.45, 2.75) is 32.9 Å². The molecule has 0 spiro atoms. The lowest BCUT2D eigenvalue weighted by atomic mass is 10.2. The van der Waals surface area contributed by atoms with Gasteiger partial charge in [-0.25, -0.2) is 14.5 Å². The highest BCUT2D eigenvalue weighted by Crippen LogP contribution is 2.25. The Labute approximate surface area is 169 Å². The van der Waals surface area contributed by atoms with Crippen LogP contribution in [0.5, 0.6) is 0 Å². The Morgan fingerprint density at radius 1 is 1.31 bits per heavy atom. The van der Waals surface area contributed by atoms with E-state index < -0.39 is 0 Å². The Morgan fingerprint density at radius 2 is 2.17 bits per heavy atom. The van der Waals surface area contributed by atoms with Crippen molar-refractivity contribution in [3.8, 4) is 0 Å². The molecule has 1 amide bonds. The second kappa shape index (κ2) is 8.30. The molecule has 9 heteroatoms. The van der Waals surface area contributed by atoms with E-state index in [0.29, 0.717) is 39.3 Å². The average Bonchev–Trinajstić information content (AvgIpc) is 3.29. The molecule has 3 aromatic rings. The van der Waals surface area contributed by atoms with Crippen molar-refractivity contribution >= 4 is 11.6 Å². The standard InChI is InChI=1S/C20H26N6O3/c1-14-16(12-24-8-7-21-15(24)2)20-22-6-4-17(26(20)23-14)18-13-25(9-11-29-18)19(27)5-10-28-3/h4,6-8,18H,5,9-13H2,1-3H3/t18-/m1/s1. The van der Waals surface area contributed by atoms with E-state index in [2.05, 4.69) is 14.5 Å². The molecule has 1 atom stereocenters. The third-order valence-electron chi connectivity index (χ3n) is 5.37. The number of aryl methyl sites for hydroxylation is 2. The Bertz CT molecular complexity index is 1010. The van der Waals surface area contributed by atoms with Crippen molar-refractivity contribution in [3.63, 3.8) is 0 Å². The minimum Gasteiger partial charge on any atom is -0.384 e. The summed E-state index contributed by atoms with van der Waals surface area (Å²) in [7, 11) is 1.60. The second-order valence-corrected chi connectivity index (χ2v) is 7.21. The highest BCUT2D eigenvalue weighted by Gasteiger charge is 2.28. The number of amides is 1. The fourth-order valence-electron chi connectivity index (χ4n) is 3.69. The van der Waals surface area contributed by atoms with E-state index in [0.717, 1.165) is 28.4 Å². The molecule has 1 aliphatic rings. The van der Waals surface area contributed by atoms with Gasteiger partial charge in [-0.1, -0.05) is 0 Å². The summed E-state index contributed by atoms with van der Waals surface area (Å²) in [5, 5.41) is 4.73. The van der Waals surface area contributed by atoms with Crippen molar-refractivity contribution in [1.82, 2.24) is 29.0 Å². The maximum atomic E-state index is 12.4. The zero-order valence-corrected chi connectivity index (χ0v) is 17.0. The number of carbonyl (C=O) groups excluding carboxylic acids is 1. The van der Waals surface area contributed by atoms with E-state index in [1.807, 2.05) is 35.5 Å². The lowest BCUT2D eigenvalue weighted by Gasteiger charge is -2.33. The first kappa shape index (κ1) is 19.5. The molecule has 9 nitrogen and oxygen atoms in total. The van der Waals surface area contributed by atoms with Crippen LogP contribution in [0.2, 0.25) is 0 Å². The number of ether oxygens (including phenoxy) is 2. The minimum absolute atomic E-state index is 0.0818. The van der Waals surface area contributed by atoms with Gasteiger partial charge in [0.1, 0.15) is 11.9 Å². The predicted molar refractivity (Wildman–Crippen MR) is 106 cm³/mol. The van der Waals surface area contributed by atoms with E-state index in [9.17, 15) is 4.79 Å². The highest BCUT2D eigenvalue weighted by atomic mass is 16.5. The molecular weight excluding hydrogens is 372 g/mol. The van der Waals surface area contributed by atoms with Gasteiger partial charge in [-0.15, -0.1) is 0 Å². The molecule has 1 aliphatic heterocycles. The molecule has 0 bridgehead atoms. The van der Waals surface area contributed by atoms with Crippen LogP contribution in [0.15, 0.2) is 24.7 Å². The van der Waals surface area contributed by atoms with Crippen molar-refractivity contribution in [2.75, 3.05) is 33.4 Å². The molecule has 3 aromatic heterocycles. The number of fused-ring (bicyclic) bond motifs is 1. The number of methoxy groups -OCH3 is 1. The summed E-state index contributed by atoms with van der Waals surface area (Å²) in [6, 6.07) is 1.92. The molecule has 0 unspecified atom stereocenters. The number of hydrogen-bond acceptors (Lipinski definition) is 6. The summed E-state index contributed by atoms with van der Waals surface area (Å²) in [5.41, 5.74) is 3.68. The van der Waals surface area contributed by atoms with Crippen molar-refractivity contribution in [1.29, 1.82) is 0 Å². The Hall–Kier alpha value is -2.78. The van der Waals surface area contributed by atoms with E-state index in [1.165, 1.54) is 0 Å². The molecule has 0 aliphatic carbocycles. The van der Waals surface area contributed by atoms with Gasteiger partial charge in [0.2, 0.25) is 5.91 Å². The Kier molecular flexibility index (Phi) is 5.59. The van der Waals surface area contributed by atoms with Gasteiger partial charge in [0.25, 0.3) is 0 Å². The van der Waals surface area contributed by atoms with E-state index in [-0.39, 0.29) is 12.0 Å². The van der Waals surface area contributed by atoms with Crippen LogP contribution in [-0.4, -0.2) is 68.4 Å². The number of hydrogen-bond donors (Lipinski definition) is 0. The fourth-order valence-corrected chi connectivity index (χ4v) is 3.69. The Balaban J connectivity index is 1.62. The normalized spacial score (nSPS) is 17.2. The minimum atomic E-state index is -0.247. The van der Waals surface area contributed by atoms with Crippen LogP contribution in [0.4, 0.5) is 0 Å². The summed E-state index contributed by atoms with van der Waals surface area (Å²) >= 11 is 0. The predicted octanol–water partition coefficient (Wildman–Crippen LogP) is 1.53. The third-order valence-corrected chi connectivity index (χ3v) is 5.37. The van der Waals surface area contributed by atoms with Gasteiger partial charge < -0.3 is 18.9 Å². The quantitative estimate of drug-likeness (QED) is 0.626. The molecule has 29 heavy (non-hydrogen) atoms. The van der Waals surface area contributed by atoms with E-state index in [1.54, 1.807) is 19.5 Å². The SMILES string of the molecule is COCCC(=O)N1CCO[C@@H](c2ccnc3c(Cn4ccnc4C)c(C)nn23)C1. The fraction of sp³-hybridized carbons (Fsp3) is 0.500.